The maximum atomic E-state index is 12.9. The molecule has 0 heterocycles. The number of ketones is 1. The lowest BCUT2D eigenvalue weighted by atomic mass is 10.0. The highest BCUT2D eigenvalue weighted by atomic mass is 32.2. The van der Waals surface area contributed by atoms with E-state index in [-0.39, 0.29) is 5.78 Å². The molecular formula is C31H33O4S+. The van der Waals surface area contributed by atoms with Gasteiger partial charge >= 0.3 is 0 Å². The van der Waals surface area contributed by atoms with Crippen LogP contribution in [0.4, 0.5) is 0 Å². The molecule has 5 heteroatoms. The van der Waals surface area contributed by atoms with Crippen LogP contribution in [-0.4, -0.2) is 27.1 Å². The number of hydrogen-bond donors (Lipinski definition) is 0. The van der Waals surface area contributed by atoms with Gasteiger partial charge in [-0.3, -0.25) is 4.79 Å². The predicted octanol–water partition coefficient (Wildman–Crippen LogP) is 7.37. The van der Waals surface area contributed by atoms with Crippen LogP contribution in [-0.2, 0) is 10.9 Å². The van der Waals surface area contributed by atoms with Gasteiger partial charge in [-0.1, -0.05) is 61.9 Å². The van der Waals surface area contributed by atoms with Crippen LogP contribution in [0, 0.1) is 6.92 Å². The fourth-order valence-electron chi connectivity index (χ4n) is 3.72. The van der Waals surface area contributed by atoms with Crippen molar-refractivity contribution in [3.63, 3.8) is 0 Å². The number of rotatable bonds is 8. The smallest absolute Gasteiger partial charge is 0.250 e. The van der Waals surface area contributed by atoms with Gasteiger partial charge in [-0.15, -0.1) is 0 Å². The first-order valence-electron chi connectivity index (χ1n) is 11.9. The standard InChI is InChI=1S/C29H27O4S.C2H6/c1-20-10-14-24(15-11-20)34(29-26(32-3)18-23(31-2)19-27(29)33-4)25-16-12-22(13-17-25)28(30)21-8-6-5-7-9-21;1-2/h5-19H,1-4H3;1-2H3/q+1;. The number of benzene rings is 4. The Hall–Kier alpha value is -3.70. The van der Waals surface area contributed by atoms with Crippen molar-refractivity contribution in [2.45, 2.75) is 35.5 Å². The highest BCUT2D eigenvalue weighted by Crippen LogP contribution is 2.44. The molecule has 4 nitrogen and oxygen atoms in total. The molecule has 0 N–H and O–H groups in total. The third kappa shape index (κ3) is 5.92. The van der Waals surface area contributed by atoms with Crippen molar-refractivity contribution in [2.24, 2.45) is 0 Å². The molecule has 0 fully saturated rings. The largest absolute Gasteiger partial charge is 0.496 e. The minimum Gasteiger partial charge on any atom is -0.496 e. The highest BCUT2D eigenvalue weighted by molar-refractivity contribution is 7.97. The Morgan fingerprint density at radius 3 is 1.58 bits per heavy atom. The van der Waals surface area contributed by atoms with Crippen LogP contribution >= 0.6 is 0 Å². The third-order valence-corrected chi connectivity index (χ3v) is 7.82. The lowest BCUT2D eigenvalue weighted by Gasteiger charge is -2.16. The zero-order valence-electron chi connectivity index (χ0n) is 21.7. The summed E-state index contributed by atoms with van der Waals surface area (Å²) in [6, 6.07) is 29.3. The van der Waals surface area contributed by atoms with E-state index in [1.54, 1.807) is 21.3 Å². The van der Waals surface area contributed by atoms with Gasteiger partial charge in [-0.2, -0.15) is 0 Å². The zero-order valence-corrected chi connectivity index (χ0v) is 22.5. The molecule has 0 aliphatic carbocycles. The molecule has 4 aromatic rings. The van der Waals surface area contributed by atoms with E-state index in [4.69, 9.17) is 14.2 Å². The van der Waals surface area contributed by atoms with Crippen LogP contribution in [0.5, 0.6) is 17.2 Å². The van der Waals surface area contributed by atoms with E-state index in [1.165, 1.54) is 5.56 Å². The van der Waals surface area contributed by atoms with Crippen molar-refractivity contribution in [1.29, 1.82) is 0 Å². The van der Waals surface area contributed by atoms with Crippen molar-refractivity contribution in [3.8, 4) is 17.2 Å². The Balaban J connectivity index is 0.00000176. The van der Waals surface area contributed by atoms with E-state index < -0.39 is 10.9 Å². The molecule has 0 aliphatic rings. The molecule has 0 spiro atoms. The minimum atomic E-state index is -0.539. The molecule has 0 amide bonds. The molecule has 0 saturated heterocycles. The van der Waals surface area contributed by atoms with E-state index in [1.807, 2.05) is 80.6 Å². The molecule has 0 aromatic heterocycles. The number of hydrogen-bond acceptors (Lipinski definition) is 4. The first-order chi connectivity index (χ1) is 17.5. The van der Waals surface area contributed by atoms with E-state index in [9.17, 15) is 4.79 Å². The minimum absolute atomic E-state index is 0.00183. The van der Waals surface area contributed by atoms with Gasteiger partial charge < -0.3 is 14.2 Å². The van der Waals surface area contributed by atoms with Gasteiger partial charge in [-0.25, -0.2) is 0 Å². The van der Waals surface area contributed by atoms with E-state index in [0.717, 1.165) is 14.7 Å². The van der Waals surface area contributed by atoms with Gasteiger partial charge in [0.25, 0.3) is 0 Å². The Morgan fingerprint density at radius 2 is 1.11 bits per heavy atom. The maximum Gasteiger partial charge on any atom is 0.250 e. The highest BCUT2D eigenvalue weighted by Gasteiger charge is 2.36. The number of ether oxygens (including phenoxy) is 3. The van der Waals surface area contributed by atoms with Gasteiger partial charge in [0.1, 0.15) is 16.6 Å². The summed E-state index contributed by atoms with van der Waals surface area (Å²) in [4.78, 5) is 16.0. The monoisotopic (exact) mass is 501 g/mol. The molecule has 0 radical (unpaired) electrons. The van der Waals surface area contributed by atoms with E-state index in [2.05, 4.69) is 31.2 Å². The molecule has 36 heavy (non-hydrogen) atoms. The van der Waals surface area contributed by atoms with Gasteiger partial charge in [0.15, 0.2) is 27.1 Å². The summed E-state index contributed by atoms with van der Waals surface area (Å²) in [6.07, 6.45) is 0. The third-order valence-electron chi connectivity index (χ3n) is 5.52. The first kappa shape index (κ1) is 26.9. The topological polar surface area (TPSA) is 44.8 Å². The van der Waals surface area contributed by atoms with Crippen LogP contribution in [0.2, 0.25) is 0 Å². The van der Waals surface area contributed by atoms with E-state index >= 15 is 0 Å². The van der Waals surface area contributed by atoms with Gasteiger partial charge in [-0.05, 0) is 43.3 Å². The number of methoxy groups -OCH3 is 3. The van der Waals surface area contributed by atoms with Crippen molar-refractivity contribution in [2.75, 3.05) is 21.3 Å². The zero-order chi connectivity index (χ0) is 26.1. The van der Waals surface area contributed by atoms with Crippen LogP contribution < -0.4 is 14.2 Å². The average molecular weight is 502 g/mol. The summed E-state index contributed by atoms with van der Waals surface area (Å²) in [5.41, 5.74) is 2.51. The Labute approximate surface area is 217 Å². The molecule has 0 saturated carbocycles. The maximum absolute atomic E-state index is 12.9. The van der Waals surface area contributed by atoms with Crippen LogP contribution in [0.25, 0.3) is 0 Å². The fraction of sp³-hybridized carbons (Fsp3) is 0.194. The molecule has 4 rings (SSSR count). The van der Waals surface area contributed by atoms with Gasteiger partial charge in [0, 0.05) is 23.3 Å². The summed E-state index contributed by atoms with van der Waals surface area (Å²) in [5.74, 6) is 2.03. The van der Waals surface area contributed by atoms with Gasteiger partial charge in [0.2, 0.25) is 4.90 Å². The number of carbonyl (C=O) groups is 1. The molecule has 186 valence electrons. The SMILES string of the molecule is CC.COc1cc(OC)c([S+](c2ccc(C)cc2)c2ccc(C(=O)c3ccccc3)cc2)c(OC)c1. The van der Waals surface area contributed by atoms with E-state index in [0.29, 0.717) is 28.4 Å². The second kappa shape index (κ2) is 12.8. The second-order valence-electron chi connectivity index (χ2n) is 7.70. The van der Waals surface area contributed by atoms with Crippen molar-refractivity contribution in [1.82, 2.24) is 0 Å². The quantitative estimate of drug-likeness (QED) is 0.187. The lowest BCUT2D eigenvalue weighted by Crippen LogP contribution is -2.10. The Kier molecular flexibility index (Phi) is 9.60. The normalized spacial score (nSPS) is 11.1. The van der Waals surface area contributed by atoms with Gasteiger partial charge in [0.05, 0.1) is 21.3 Å². The molecule has 1 atom stereocenters. The van der Waals surface area contributed by atoms with Crippen molar-refractivity contribution >= 4 is 16.7 Å². The molecular weight excluding hydrogens is 468 g/mol. The average Bonchev–Trinajstić information content (AvgIpc) is 2.95. The number of aryl methyl sites for hydroxylation is 1. The van der Waals surface area contributed by atoms with Crippen molar-refractivity contribution in [3.05, 3.63) is 108 Å². The van der Waals surface area contributed by atoms with Crippen LogP contribution in [0.3, 0.4) is 0 Å². The van der Waals surface area contributed by atoms with Crippen LogP contribution in [0.15, 0.2) is 106 Å². The molecule has 4 aromatic carbocycles. The summed E-state index contributed by atoms with van der Waals surface area (Å²) in [7, 11) is 4.38. The molecule has 0 bridgehead atoms. The second-order valence-corrected chi connectivity index (χ2v) is 9.66. The summed E-state index contributed by atoms with van der Waals surface area (Å²) in [6.45, 7) is 6.07. The molecule has 0 aliphatic heterocycles. The Morgan fingerprint density at radius 1 is 0.639 bits per heavy atom. The molecule has 1 unspecified atom stereocenters. The Bertz CT molecular complexity index is 1240. The first-order valence-corrected chi connectivity index (χ1v) is 13.1. The summed E-state index contributed by atoms with van der Waals surface area (Å²) in [5, 5.41) is 0. The number of carbonyl (C=O) groups excluding carboxylic acids is 1. The summed E-state index contributed by atoms with van der Waals surface area (Å²) >= 11 is 0. The fourth-order valence-corrected chi connectivity index (χ4v) is 5.97. The lowest BCUT2D eigenvalue weighted by molar-refractivity contribution is 0.103. The van der Waals surface area contributed by atoms with Crippen LogP contribution in [0.1, 0.15) is 35.3 Å². The predicted molar refractivity (Wildman–Crippen MR) is 147 cm³/mol. The van der Waals surface area contributed by atoms with Crippen molar-refractivity contribution < 1.29 is 19.0 Å². The summed E-state index contributed by atoms with van der Waals surface area (Å²) < 4.78 is 17.0.